The van der Waals surface area contributed by atoms with E-state index < -0.39 is 31.1 Å². The van der Waals surface area contributed by atoms with Crippen LogP contribution in [0.5, 0.6) is 0 Å². The molecule has 186 valence electrons. The van der Waals surface area contributed by atoms with Crippen LogP contribution in [0.3, 0.4) is 0 Å². The third-order valence-corrected chi connectivity index (χ3v) is 12.9. The zero-order chi connectivity index (χ0) is 23.3. The monoisotopic (exact) mass is 496 g/mol. The van der Waals surface area contributed by atoms with Crippen molar-refractivity contribution in [3.05, 3.63) is 0 Å². The summed E-state index contributed by atoms with van der Waals surface area (Å²) in [6.45, 7) is 6.89. The van der Waals surface area contributed by atoms with E-state index in [4.69, 9.17) is 23.3 Å². The summed E-state index contributed by atoms with van der Waals surface area (Å²) in [6.07, 6.45) is 5.17. The van der Waals surface area contributed by atoms with Crippen LogP contribution in [0.2, 0.25) is 0 Å². The Morgan fingerprint density at radius 3 is 1.78 bits per heavy atom. The van der Waals surface area contributed by atoms with Crippen LogP contribution in [0.4, 0.5) is 0 Å². The van der Waals surface area contributed by atoms with Gasteiger partial charge in [0.15, 0.2) is 5.34 Å². The molecule has 0 aromatic heterocycles. The van der Waals surface area contributed by atoms with Gasteiger partial charge in [-0.2, -0.15) is 0 Å². The van der Waals surface area contributed by atoms with Crippen LogP contribution in [-0.2, 0) is 32.4 Å². The molecule has 4 aliphatic rings. The van der Waals surface area contributed by atoms with Crippen LogP contribution in [0.15, 0.2) is 0 Å². The van der Waals surface area contributed by atoms with E-state index in [9.17, 15) is 18.9 Å². The number of ether oxygens (including phenoxy) is 3. The van der Waals surface area contributed by atoms with Gasteiger partial charge < -0.3 is 28.5 Å². The molecule has 0 aliphatic carbocycles. The van der Waals surface area contributed by atoms with Gasteiger partial charge in [-0.15, -0.1) is 0 Å². The smallest absolute Gasteiger partial charge is 0.357 e. The van der Waals surface area contributed by atoms with Gasteiger partial charge in [-0.25, -0.2) is 0 Å². The molecule has 0 amide bonds. The summed E-state index contributed by atoms with van der Waals surface area (Å²) >= 11 is 0. The molecule has 4 aliphatic heterocycles. The molecular formula is C21H38O9P2. The van der Waals surface area contributed by atoms with E-state index in [1.165, 1.54) is 6.92 Å². The minimum atomic E-state index is -4.89. The first-order valence-electron chi connectivity index (χ1n) is 11.8. The van der Waals surface area contributed by atoms with Crippen molar-refractivity contribution < 1.29 is 42.2 Å². The van der Waals surface area contributed by atoms with Gasteiger partial charge in [0.05, 0.1) is 30.1 Å². The third-order valence-electron chi connectivity index (χ3n) is 8.25. The van der Waals surface area contributed by atoms with Crippen molar-refractivity contribution >= 4 is 15.2 Å². The molecule has 0 bridgehead atoms. The van der Waals surface area contributed by atoms with Crippen LogP contribution in [0, 0.1) is 5.41 Å². The highest BCUT2D eigenvalue weighted by molar-refractivity contribution is 7.59. The fourth-order valence-corrected chi connectivity index (χ4v) is 10.5. The molecule has 0 aromatic rings. The molecule has 5 unspecified atom stereocenters. The SMILES string of the molecule is CC1(P(=O)(O)O)OP(=O)(OCC2CCCO2)C(C)(C)C1(CC1CCCO1)CC1CCCO1. The van der Waals surface area contributed by atoms with Gasteiger partial charge in [0.25, 0.3) is 0 Å². The third kappa shape index (κ3) is 4.10. The Bertz CT molecular complexity index is 745. The molecule has 0 spiro atoms. The fraction of sp³-hybridized carbons (Fsp3) is 1.00. The normalized spacial score (nSPS) is 44.5. The maximum absolute atomic E-state index is 14.3. The average molecular weight is 496 g/mol. The molecule has 32 heavy (non-hydrogen) atoms. The van der Waals surface area contributed by atoms with Gasteiger partial charge in [-0.05, 0) is 72.1 Å². The lowest BCUT2D eigenvalue weighted by Crippen LogP contribution is -2.55. The van der Waals surface area contributed by atoms with E-state index in [1.807, 2.05) is 0 Å². The van der Waals surface area contributed by atoms with Crippen molar-refractivity contribution in [2.75, 3.05) is 26.4 Å². The summed E-state index contributed by atoms with van der Waals surface area (Å²) in [5.74, 6) is 0. The minimum Gasteiger partial charge on any atom is -0.378 e. The first-order chi connectivity index (χ1) is 14.9. The molecule has 2 N–H and O–H groups in total. The second-order valence-electron chi connectivity index (χ2n) is 10.4. The Morgan fingerprint density at radius 1 is 0.906 bits per heavy atom. The standard InChI is InChI=1S/C21H38O9P2/c1-19(2)21(13-16-7-4-10-26-16,14-17-8-5-11-27-17)20(3,31(22,23)24)30-32(19,25)29-15-18-9-6-12-28-18/h16-18H,4-15H2,1-3H3,(H2,22,23,24). The van der Waals surface area contributed by atoms with E-state index in [2.05, 4.69) is 0 Å². The number of hydrogen-bond acceptors (Lipinski definition) is 7. The fourth-order valence-electron chi connectivity index (χ4n) is 6.09. The van der Waals surface area contributed by atoms with Crippen LogP contribution < -0.4 is 0 Å². The predicted octanol–water partition coefficient (Wildman–Crippen LogP) is 4.20. The second kappa shape index (κ2) is 9.00. The zero-order valence-electron chi connectivity index (χ0n) is 19.4. The summed E-state index contributed by atoms with van der Waals surface area (Å²) in [4.78, 5) is 21.2. The number of hydrogen-bond donors (Lipinski definition) is 2. The lowest BCUT2D eigenvalue weighted by molar-refractivity contribution is -0.0566. The van der Waals surface area contributed by atoms with E-state index in [0.717, 1.165) is 38.5 Å². The Morgan fingerprint density at radius 2 is 1.38 bits per heavy atom. The van der Waals surface area contributed by atoms with Crippen LogP contribution in [0.25, 0.3) is 0 Å². The Balaban J connectivity index is 1.76. The van der Waals surface area contributed by atoms with Gasteiger partial charge in [0, 0.05) is 25.2 Å². The van der Waals surface area contributed by atoms with Crippen molar-refractivity contribution in [3.8, 4) is 0 Å². The summed E-state index contributed by atoms with van der Waals surface area (Å²) < 4.78 is 56.8. The van der Waals surface area contributed by atoms with Gasteiger partial charge in [0.1, 0.15) is 0 Å². The molecule has 0 aromatic carbocycles. The first-order valence-corrected chi connectivity index (χ1v) is 15.0. The molecular weight excluding hydrogens is 458 g/mol. The molecule has 0 saturated carbocycles. The Hall–Kier alpha value is 0.180. The lowest BCUT2D eigenvalue weighted by atomic mass is 9.64. The summed E-state index contributed by atoms with van der Waals surface area (Å²) in [6, 6.07) is 0. The van der Waals surface area contributed by atoms with Gasteiger partial charge in [-0.3, -0.25) is 13.7 Å². The quantitative estimate of drug-likeness (QED) is 0.476. The largest absolute Gasteiger partial charge is 0.378 e. The van der Waals surface area contributed by atoms with Crippen molar-refractivity contribution in [2.45, 2.75) is 101 Å². The van der Waals surface area contributed by atoms with Crippen LogP contribution in [0.1, 0.15) is 72.1 Å². The molecule has 4 rings (SSSR count). The highest BCUT2D eigenvalue weighted by Crippen LogP contribution is 2.85. The van der Waals surface area contributed by atoms with Crippen LogP contribution in [-0.4, -0.2) is 65.0 Å². The molecule has 11 heteroatoms. The Kier molecular flexibility index (Phi) is 7.11. The molecule has 4 saturated heterocycles. The highest BCUT2D eigenvalue weighted by atomic mass is 31.2. The van der Waals surface area contributed by atoms with E-state index in [1.54, 1.807) is 13.8 Å². The molecule has 4 fully saturated rings. The number of rotatable bonds is 8. The topological polar surface area (TPSA) is 121 Å². The predicted molar refractivity (Wildman–Crippen MR) is 118 cm³/mol. The average Bonchev–Trinajstić information content (AvgIpc) is 3.48. The molecule has 9 nitrogen and oxygen atoms in total. The lowest BCUT2D eigenvalue weighted by Gasteiger charge is -2.49. The van der Waals surface area contributed by atoms with E-state index in [-0.39, 0.29) is 24.9 Å². The van der Waals surface area contributed by atoms with Crippen molar-refractivity contribution in [3.63, 3.8) is 0 Å². The van der Waals surface area contributed by atoms with Crippen molar-refractivity contribution in [2.24, 2.45) is 5.41 Å². The van der Waals surface area contributed by atoms with Gasteiger partial charge >= 0.3 is 15.2 Å². The summed E-state index contributed by atoms with van der Waals surface area (Å²) in [5.41, 5.74) is -1.17. The molecule has 4 heterocycles. The van der Waals surface area contributed by atoms with Crippen molar-refractivity contribution in [1.29, 1.82) is 0 Å². The van der Waals surface area contributed by atoms with Gasteiger partial charge in [0.2, 0.25) is 0 Å². The summed E-state index contributed by atoms with van der Waals surface area (Å²) in [7, 11) is -8.85. The van der Waals surface area contributed by atoms with Crippen LogP contribution >= 0.6 is 15.2 Å². The van der Waals surface area contributed by atoms with E-state index in [0.29, 0.717) is 32.7 Å². The first kappa shape index (κ1) is 25.3. The maximum atomic E-state index is 14.3. The van der Waals surface area contributed by atoms with Gasteiger partial charge in [-0.1, -0.05) is 0 Å². The Labute approximate surface area is 190 Å². The highest BCUT2D eigenvalue weighted by Gasteiger charge is 2.79. The molecule has 0 radical (unpaired) electrons. The minimum absolute atomic E-state index is 0.0773. The molecule has 5 atom stereocenters. The second-order valence-corrected chi connectivity index (χ2v) is 14.9. The summed E-state index contributed by atoms with van der Waals surface area (Å²) in [5, 5.41) is -3.17. The van der Waals surface area contributed by atoms with Crippen molar-refractivity contribution in [1.82, 2.24) is 0 Å². The maximum Gasteiger partial charge on any atom is 0.357 e. The van der Waals surface area contributed by atoms with E-state index >= 15 is 0 Å². The zero-order valence-corrected chi connectivity index (χ0v) is 21.2.